The van der Waals surface area contributed by atoms with Crippen LogP contribution >= 0.6 is 11.3 Å². The van der Waals surface area contributed by atoms with E-state index in [1.165, 1.54) is 0 Å². The van der Waals surface area contributed by atoms with Gasteiger partial charge in [-0.1, -0.05) is 6.07 Å². The number of carboxylic acid groups (broad SMARTS) is 1. The van der Waals surface area contributed by atoms with Crippen molar-refractivity contribution in [3.63, 3.8) is 0 Å². The van der Waals surface area contributed by atoms with E-state index in [-0.39, 0.29) is 12.5 Å². The zero-order valence-electron chi connectivity index (χ0n) is 13.4. The minimum absolute atomic E-state index is 0.256. The Kier molecular flexibility index (Phi) is 5.26. The van der Waals surface area contributed by atoms with Crippen LogP contribution in [0.25, 0.3) is 11.3 Å². The summed E-state index contributed by atoms with van der Waals surface area (Å²) >= 11 is 1.64. The molecule has 3 rings (SSSR count). The minimum atomic E-state index is -1.30. The summed E-state index contributed by atoms with van der Waals surface area (Å²) in [6.45, 7) is 0.816. The third kappa shape index (κ3) is 4.19. The molecule has 0 saturated heterocycles. The number of rotatable bonds is 6. The number of hydrogen-bond donors (Lipinski definition) is 2. The van der Waals surface area contributed by atoms with Gasteiger partial charge < -0.3 is 10.4 Å². The number of aliphatic carboxylic acids is 1. The van der Waals surface area contributed by atoms with Crippen molar-refractivity contribution in [2.75, 3.05) is 6.54 Å². The van der Waals surface area contributed by atoms with E-state index >= 15 is 0 Å². The van der Waals surface area contributed by atoms with Crippen LogP contribution in [0, 0.1) is 5.92 Å². The molecule has 0 amide bonds. The molecule has 2 N–H and O–H groups in total. The van der Waals surface area contributed by atoms with Gasteiger partial charge in [-0.25, -0.2) is 4.39 Å². The number of carbonyl (C=O) groups is 1. The number of alkyl halides is 1. The molecule has 0 atom stereocenters. The first kappa shape index (κ1) is 17.0. The SMILES string of the molecule is O=C(O)C1CCC(F)(CNCc2ccc(-c3ccsc3)nc2)CC1. The zero-order valence-corrected chi connectivity index (χ0v) is 14.2. The number of carboxylic acids is 1. The van der Waals surface area contributed by atoms with Gasteiger partial charge >= 0.3 is 5.97 Å². The fraction of sp³-hybridized carbons (Fsp3) is 0.444. The molecule has 1 aliphatic carbocycles. The molecule has 0 aromatic carbocycles. The maximum Gasteiger partial charge on any atom is 0.306 e. The van der Waals surface area contributed by atoms with Crippen LogP contribution in [0.5, 0.6) is 0 Å². The molecule has 1 aliphatic rings. The maximum atomic E-state index is 14.7. The quantitative estimate of drug-likeness (QED) is 0.831. The van der Waals surface area contributed by atoms with Crippen LogP contribution < -0.4 is 5.32 Å². The van der Waals surface area contributed by atoms with Crippen LogP contribution in [0.3, 0.4) is 0 Å². The Morgan fingerprint density at radius 2 is 2.17 bits per heavy atom. The molecule has 24 heavy (non-hydrogen) atoms. The van der Waals surface area contributed by atoms with Crippen molar-refractivity contribution in [1.29, 1.82) is 0 Å². The van der Waals surface area contributed by atoms with E-state index in [2.05, 4.69) is 15.7 Å². The van der Waals surface area contributed by atoms with Crippen LogP contribution in [0.4, 0.5) is 4.39 Å². The number of nitrogens with one attached hydrogen (secondary N) is 1. The molecule has 0 spiro atoms. The molecule has 0 radical (unpaired) electrons. The first-order valence-electron chi connectivity index (χ1n) is 8.16. The normalized spacial score (nSPS) is 24.0. The Morgan fingerprint density at radius 1 is 1.38 bits per heavy atom. The molecule has 1 saturated carbocycles. The zero-order chi connectivity index (χ0) is 17.0. The minimum Gasteiger partial charge on any atom is -0.481 e. The highest BCUT2D eigenvalue weighted by atomic mass is 32.1. The monoisotopic (exact) mass is 348 g/mol. The first-order chi connectivity index (χ1) is 11.6. The number of halogens is 1. The van der Waals surface area contributed by atoms with Crippen molar-refractivity contribution in [1.82, 2.24) is 10.3 Å². The lowest BCUT2D eigenvalue weighted by atomic mass is 9.80. The third-order valence-corrected chi connectivity index (χ3v) is 5.33. The summed E-state index contributed by atoms with van der Waals surface area (Å²) in [6, 6.07) is 6.01. The summed E-state index contributed by atoms with van der Waals surface area (Å²) < 4.78 is 14.7. The predicted molar refractivity (Wildman–Crippen MR) is 92.7 cm³/mol. The molecule has 2 aromatic rings. The lowest BCUT2D eigenvalue weighted by Gasteiger charge is -2.32. The molecule has 0 unspecified atom stereocenters. The molecule has 128 valence electrons. The molecular formula is C18H21FN2O2S. The highest BCUT2D eigenvalue weighted by molar-refractivity contribution is 7.08. The maximum absolute atomic E-state index is 14.7. The van der Waals surface area contributed by atoms with Crippen LogP contribution in [0.15, 0.2) is 35.2 Å². The Labute approximate surface area is 144 Å². The summed E-state index contributed by atoms with van der Waals surface area (Å²) in [7, 11) is 0. The topological polar surface area (TPSA) is 62.2 Å². The largest absolute Gasteiger partial charge is 0.481 e. The van der Waals surface area contributed by atoms with Gasteiger partial charge in [-0.3, -0.25) is 9.78 Å². The van der Waals surface area contributed by atoms with Gasteiger partial charge in [0.1, 0.15) is 5.67 Å². The van der Waals surface area contributed by atoms with E-state index in [1.807, 2.05) is 29.8 Å². The predicted octanol–water partition coefficient (Wildman–Crippen LogP) is 3.88. The Morgan fingerprint density at radius 3 is 2.75 bits per heavy atom. The lowest BCUT2D eigenvalue weighted by Crippen LogP contribution is -2.40. The Bertz CT molecular complexity index is 665. The summed E-state index contributed by atoms with van der Waals surface area (Å²) in [5.74, 6) is -1.19. The fourth-order valence-corrected chi connectivity index (χ4v) is 3.75. The van der Waals surface area contributed by atoms with Gasteiger partial charge in [0.2, 0.25) is 0 Å². The van der Waals surface area contributed by atoms with E-state index in [1.54, 1.807) is 11.3 Å². The third-order valence-electron chi connectivity index (χ3n) is 4.64. The standard InChI is InChI=1S/C18H21FN2O2S/c19-18(6-3-14(4-7-18)17(22)23)12-20-9-13-1-2-16(21-10-13)15-5-8-24-11-15/h1-2,5,8,10-11,14,20H,3-4,6-7,9,12H2,(H,22,23). The number of pyridine rings is 1. The molecule has 0 bridgehead atoms. The van der Waals surface area contributed by atoms with Crippen LogP contribution in [-0.2, 0) is 11.3 Å². The van der Waals surface area contributed by atoms with Gasteiger partial charge in [0.05, 0.1) is 11.6 Å². The average molecular weight is 348 g/mol. The van der Waals surface area contributed by atoms with Crippen molar-refractivity contribution in [3.05, 3.63) is 40.7 Å². The highest BCUT2D eigenvalue weighted by Crippen LogP contribution is 2.34. The van der Waals surface area contributed by atoms with Crippen LogP contribution in [0.1, 0.15) is 31.2 Å². The second-order valence-corrected chi connectivity index (χ2v) is 7.21. The van der Waals surface area contributed by atoms with Crippen LogP contribution in [-0.4, -0.2) is 28.3 Å². The molecule has 2 heterocycles. The summed E-state index contributed by atoms with van der Waals surface area (Å²) in [5, 5.41) is 16.2. The van der Waals surface area contributed by atoms with Gasteiger partial charge in [0.25, 0.3) is 0 Å². The first-order valence-corrected chi connectivity index (χ1v) is 9.10. The number of thiophene rings is 1. The molecular weight excluding hydrogens is 327 g/mol. The summed E-state index contributed by atoms with van der Waals surface area (Å²) in [5.41, 5.74) is 1.76. The van der Waals surface area contributed by atoms with Crippen molar-refractivity contribution < 1.29 is 14.3 Å². The van der Waals surface area contributed by atoms with E-state index in [0.717, 1.165) is 16.8 Å². The van der Waals surface area contributed by atoms with Gasteiger partial charge in [0.15, 0.2) is 0 Å². The second-order valence-electron chi connectivity index (χ2n) is 6.43. The van der Waals surface area contributed by atoms with E-state index in [9.17, 15) is 9.18 Å². The molecule has 1 fully saturated rings. The summed E-state index contributed by atoms with van der Waals surface area (Å²) in [6.07, 6.45) is 3.28. The summed E-state index contributed by atoms with van der Waals surface area (Å²) in [4.78, 5) is 15.4. The second kappa shape index (κ2) is 7.40. The van der Waals surface area contributed by atoms with Crippen molar-refractivity contribution in [2.24, 2.45) is 5.92 Å². The molecule has 6 heteroatoms. The molecule has 4 nitrogen and oxygen atoms in total. The Balaban J connectivity index is 1.47. The van der Waals surface area contributed by atoms with Gasteiger partial charge in [-0.2, -0.15) is 11.3 Å². The Hall–Kier alpha value is -1.79. The van der Waals surface area contributed by atoms with E-state index in [0.29, 0.717) is 32.2 Å². The van der Waals surface area contributed by atoms with E-state index in [4.69, 9.17) is 5.11 Å². The van der Waals surface area contributed by atoms with Gasteiger partial charge in [0, 0.05) is 30.2 Å². The smallest absolute Gasteiger partial charge is 0.306 e. The number of aromatic nitrogens is 1. The highest BCUT2D eigenvalue weighted by Gasteiger charge is 2.37. The lowest BCUT2D eigenvalue weighted by molar-refractivity contribution is -0.143. The molecule has 0 aliphatic heterocycles. The van der Waals surface area contributed by atoms with Crippen molar-refractivity contribution in [3.8, 4) is 11.3 Å². The van der Waals surface area contributed by atoms with E-state index < -0.39 is 11.6 Å². The van der Waals surface area contributed by atoms with Crippen molar-refractivity contribution in [2.45, 2.75) is 37.9 Å². The van der Waals surface area contributed by atoms with Crippen LogP contribution in [0.2, 0.25) is 0 Å². The fourth-order valence-electron chi connectivity index (χ4n) is 3.10. The van der Waals surface area contributed by atoms with Crippen molar-refractivity contribution >= 4 is 17.3 Å². The van der Waals surface area contributed by atoms with Gasteiger partial charge in [-0.05, 0) is 48.8 Å². The average Bonchev–Trinajstić information content (AvgIpc) is 3.10. The number of hydrogen-bond acceptors (Lipinski definition) is 4. The molecule has 2 aromatic heterocycles. The number of nitrogens with zero attached hydrogens (tertiary/aromatic N) is 1. The van der Waals surface area contributed by atoms with Gasteiger partial charge in [-0.15, -0.1) is 0 Å².